The van der Waals surface area contributed by atoms with Crippen molar-refractivity contribution < 1.29 is 4.39 Å². The van der Waals surface area contributed by atoms with Crippen LogP contribution in [-0.2, 0) is 0 Å². The molecule has 15 heavy (non-hydrogen) atoms. The van der Waals surface area contributed by atoms with Crippen molar-refractivity contribution in [2.75, 3.05) is 0 Å². The van der Waals surface area contributed by atoms with Gasteiger partial charge < -0.3 is 5.73 Å². The number of halogens is 2. The van der Waals surface area contributed by atoms with Gasteiger partial charge in [0, 0.05) is 20.3 Å². The van der Waals surface area contributed by atoms with Gasteiger partial charge in [0.2, 0.25) is 0 Å². The predicted octanol–water partition coefficient (Wildman–Crippen LogP) is 3.70. The zero-order valence-corrected chi connectivity index (χ0v) is 10.2. The SMILES string of the molecule is NC(c1cc(Br)cs1)c1ccccc1F. The Balaban J connectivity index is 2.36. The molecule has 2 aromatic rings. The molecule has 0 amide bonds. The minimum Gasteiger partial charge on any atom is -0.320 e. The number of thiophene rings is 1. The second-order valence-corrected chi connectivity index (χ2v) is 5.02. The van der Waals surface area contributed by atoms with Gasteiger partial charge >= 0.3 is 0 Å². The molecule has 1 aromatic carbocycles. The average molecular weight is 286 g/mol. The summed E-state index contributed by atoms with van der Waals surface area (Å²) in [6.45, 7) is 0. The Bertz CT molecular complexity index is 469. The monoisotopic (exact) mass is 285 g/mol. The van der Waals surface area contributed by atoms with Crippen LogP contribution in [0.2, 0.25) is 0 Å². The van der Waals surface area contributed by atoms with E-state index in [-0.39, 0.29) is 11.9 Å². The molecule has 2 N–H and O–H groups in total. The van der Waals surface area contributed by atoms with E-state index in [4.69, 9.17) is 5.73 Å². The van der Waals surface area contributed by atoms with Crippen LogP contribution in [0.1, 0.15) is 16.5 Å². The number of nitrogens with two attached hydrogens (primary N) is 1. The van der Waals surface area contributed by atoms with Crippen molar-refractivity contribution in [3.05, 3.63) is 56.4 Å². The van der Waals surface area contributed by atoms with Crippen molar-refractivity contribution in [1.29, 1.82) is 0 Å². The average Bonchev–Trinajstić information content (AvgIpc) is 2.65. The molecule has 0 aliphatic rings. The molecule has 78 valence electrons. The molecule has 0 saturated carbocycles. The molecule has 1 nitrogen and oxygen atoms in total. The highest BCUT2D eigenvalue weighted by atomic mass is 79.9. The van der Waals surface area contributed by atoms with Gasteiger partial charge in [0.05, 0.1) is 6.04 Å². The van der Waals surface area contributed by atoms with Crippen molar-refractivity contribution in [3.63, 3.8) is 0 Å². The summed E-state index contributed by atoms with van der Waals surface area (Å²) < 4.78 is 14.4. The van der Waals surface area contributed by atoms with Gasteiger partial charge in [-0.05, 0) is 28.1 Å². The molecule has 1 aromatic heterocycles. The van der Waals surface area contributed by atoms with E-state index in [2.05, 4.69) is 15.9 Å². The standard InChI is InChI=1S/C11H9BrFNS/c12-7-5-10(15-6-7)11(14)8-3-1-2-4-9(8)13/h1-6,11H,14H2. The molecule has 1 unspecified atom stereocenters. The molecule has 0 radical (unpaired) electrons. The van der Waals surface area contributed by atoms with Gasteiger partial charge in [-0.3, -0.25) is 0 Å². The first kappa shape index (κ1) is 10.8. The molecular formula is C11H9BrFNS. The summed E-state index contributed by atoms with van der Waals surface area (Å²) in [5.74, 6) is -0.255. The number of rotatable bonds is 2. The molecule has 2 rings (SSSR count). The fourth-order valence-corrected chi connectivity index (χ4v) is 2.84. The summed E-state index contributed by atoms with van der Waals surface area (Å²) in [5.41, 5.74) is 6.51. The molecule has 0 bridgehead atoms. The topological polar surface area (TPSA) is 26.0 Å². The summed E-state index contributed by atoms with van der Waals surface area (Å²) in [7, 11) is 0. The Hall–Kier alpha value is -0.710. The van der Waals surface area contributed by atoms with Gasteiger partial charge in [0.1, 0.15) is 5.82 Å². The number of benzene rings is 1. The molecule has 0 aliphatic heterocycles. The lowest BCUT2D eigenvalue weighted by molar-refractivity contribution is 0.601. The van der Waals surface area contributed by atoms with E-state index in [1.807, 2.05) is 11.4 Å². The molecular weight excluding hydrogens is 277 g/mol. The molecule has 1 atom stereocenters. The predicted molar refractivity (Wildman–Crippen MR) is 64.4 cm³/mol. The molecule has 0 saturated heterocycles. The number of hydrogen-bond donors (Lipinski definition) is 1. The Morgan fingerprint density at radius 2 is 2.07 bits per heavy atom. The minimum absolute atomic E-state index is 0.255. The van der Waals surface area contributed by atoms with E-state index in [9.17, 15) is 4.39 Å². The normalized spacial score (nSPS) is 12.7. The lowest BCUT2D eigenvalue weighted by Gasteiger charge is -2.10. The molecule has 4 heteroatoms. The molecule has 0 aliphatic carbocycles. The van der Waals surface area contributed by atoms with Crippen LogP contribution in [-0.4, -0.2) is 0 Å². The van der Waals surface area contributed by atoms with E-state index in [1.165, 1.54) is 17.4 Å². The van der Waals surface area contributed by atoms with Crippen molar-refractivity contribution in [1.82, 2.24) is 0 Å². The third-order valence-electron chi connectivity index (χ3n) is 2.13. The van der Waals surface area contributed by atoms with Crippen LogP contribution in [0.15, 0.2) is 40.2 Å². The van der Waals surface area contributed by atoms with Crippen molar-refractivity contribution in [2.45, 2.75) is 6.04 Å². The van der Waals surface area contributed by atoms with E-state index < -0.39 is 0 Å². The summed E-state index contributed by atoms with van der Waals surface area (Å²) >= 11 is 4.88. The molecule has 0 spiro atoms. The fraction of sp³-hybridized carbons (Fsp3) is 0.0909. The summed E-state index contributed by atoms with van der Waals surface area (Å²) in [5, 5.41) is 1.94. The zero-order valence-electron chi connectivity index (χ0n) is 7.78. The van der Waals surface area contributed by atoms with Gasteiger partial charge in [-0.1, -0.05) is 18.2 Å². The summed E-state index contributed by atoms with van der Waals surface area (Å²) in [6, 6.07) is 8.13. The van der Waals surface area contributed by atoms with Gasteiger partial charge in [0.15, 0.2) is 0 Å². The van der Waals surface area contributed by atoms with Gasteiger partial charge in [-0.25, -0.2) is 4.39 Å². The van der Waals surface area contributed by atoms with E-state index in [0.717, 1.165) is 9.35 Å². The van der Waals surface area contributed by atoms with E-state index in [1.54, 1.807) is 18.2 Å². The van der Waals surface area contributed by atoms with Crippen LogP contribution in [0.25, 0.3) is 0 Å². The van der Waals surface area contributed by atoms with E-state index >= 15 is 0 Å². The summed E-state index contributed by atoms with van der Waals surface area (Å²) in [4.78, 5) is 0.951. The highest BCUT2D eigenvalue weighted by Crippen LogP contribution is 2.29. The zero-order chi connectivity index (χ0) is 10.8. The largest absolute Gasteiger partial charge is 0.320 e. The summed E-state index contributed by atoms with van der Waals surface area (Å²) in [6.07, 6.45) is 0. The first-order valence-electron chi connectivity index (χ1n) is 4.42. The quantitative estimate of drug-likeness (QED) is 0.895. The van der Waals surface area contributed by atoms with Crippen LogP contribution in [0.4, 0.5) is 4.39 Å². The van der Waals surface area contributed by atoms with Gasteiger partial charge in [0.25, 0.3) is 0 Å². The van der Waals surface area contributed by atoms with Crippen LogP contribution < -0.4 is 5.73 Å². The molecule has 0 fully saturated rings. The Morgan fingerprint density at radius 3 is 2.67 bits per heavy atom. The Kier molecular flexibility index (Phi) is 3.19. The van der Waals surface area contributed by atoms with Crippen LogP contribution in [0.3, 0.4) is 0 Å². The van der Waals surface area contributed by atoms with Crippen molar-refractivity contribution in [2.24, 2.45) is 5.73 Å². The second kappa shape index (κ2) is 4.43. The fourth-order valence-electron chi connectivity index (χ4n) is 1.37. The van der Waals surface area contributed by atoms with Crippen LogP contribution in [0, 0.1) is 5.82 Å². The highest BCUT2D eigenvalue weighted by molar-refractivity contribution is 9.10. The smallest absolute Gasteiger partial charge is 0.128 e. The van der Waals surface area contributed by atoms with E-state index in [0.29, 0.717) is 5.56 Å². The number of hydrogen-bond acceptors (Lipinski definition) is 2. The maximum Gasteiger partial charge on any atom is 0.128 e. The van der Waals surface area contributed by atoms with Crippen molar-refractivity contribution in [3.8, 4) is 0 Å². The maximum absolute atomic E-state index is 13.4. The first-order valence-corrected chi connectivity index (χ1v) is 6.09. The lowest BCUT2D eigenvalue weighted by Crippen LogP contribution is -2.11. The van der Waals surface area contributed by atoms with Crippen LogP contribution in [0.5, 0.6) is 0 Å². The Labute approximate surface area is 99.9 Å². The minimum atomic E-state index is -0.387. The van der Waals surface area contributed by atoms with Crippen molar-refractivity contribution >= 4 is 27.3 Å². The first-order chi connectivity index (χ1) is 7.18. The molecule has 1 heterocycles. The third-order valence-corrected chi connectivity index (χ3v) is 3.91. The highest BCUT2D eigenvalue weighted by Gasteiger charge is 2.14. The second-order valence-electron chi connectivity index (χ2n) is 3.17. The maximum atomic E-state index is 13.4. The van der Waals surface area contributed by atoms with Gasteiger partial charge in [-0.15, -0.1) is 11.3 Å². The lowest BCUT2D eigenvalue weighted by atomic mass is 10.1. The third kappa shape index (κ3) is 2.27. The van der Waals surface area contributed by atoms with Crippen LogP contribution >= 0.6 is 27.3 Å². The van der Waals surface area contributed by atoms with Gasteiger partial charge in [-0.2, -0.15) is 0 Å². The Morgan fingerprint density at radius 1 is 1.33 bits per heavy atom.